The molecule has 0 radical (unpaired) electrons. The maximum absolute atomic E-state index is 12.3. The third kappa shape index (κ3) is 3.46. The fourth-order valence-corrected chi connectivity index (χ4v) is 2.98. The number of carbonyl (C=O) groups is 2. The van der Waals surface area contributed by atoms with Gasteiger partial charge in [0.15, 0.2) is 5.69 Å². The number of nitrogens with one attached hydrogen (secondary N) is 2. The summed E-state index contributed by atoms with van der Waals surface area (Å²) < 4.78 is 0. The Morgan fingerprint density at radius 3 is 2.83 bits per heavy atom. The molecule has 7 heteroatoms. The number of benzene rings is 1. The normalized spacial score (nSPS) is 15.5. The number of aromatic nitrogens is 2. The third-order valence-electron chi connectivity index (χ3n) is 4.26. The van der Waals surface area contributed by atoms with Crippen LogP contribution in [0.1, 0.15) is 40.3 Å². The zero-order chi connectivity index (χ0) is 17.1. The summed E-state index contributed by atoms with van der Waals surface area (Å²) in [5.74, 6) is -1.12. The molecule has 1 aliphatic heterocycles. The van der Waals surface area contributed by atoms with E-state index in [1.165, 1.54) is 0 Å². The zero-order valence-electron chi connectivity index (χ0n) is 13.5. The van der Waals surface area contributed by atoms with E-state index in [2.05, 4.69) is 15.5 Å². The van der Waals surface area contributed by atoms with Gasteiger partial charge in [0.1, 0.15) is 0 Å². The molecule has 0 aliphatic carbocycles. The number of carbonyl (C=O) groups excluding carboxylic acids is 1. The van der Waals surface area contributed by atoms with Crippen molar-refractivity contribution in [2.45, 2.75) is 25.9 Å². The molecular weight excluding hydrogens is 308 g/mol. The Morgan fingerprint density at radius 1 is 1.38 bits per heavy atom. The van der Waals surface area contributed by atoms with Crippen LogP contribution in [0.25, 0.3) is 0 Å². The average Bonchev–Trinajstić information content (AvgIpc) is 2.99. The van der Waals surface area contributed by atoms with Crippen LogP contribution < -0.4 is 5.32 Å². The number of rotatable bonds is 5. The maximum Gasteiger partial charge on any atom is 0.356 e. The van der Waals surface area contributed by atoms with Crippen molar-refractivity contribution in [2.24, 2.45) is 0 Å². The number of aromatic amines is 1. The summed E-state index contributed by atoms with van der Waals surface area (Å²) in [7, 11) is 0. The van der Waals surface area contributed by atoms with Crippen molar-refractivity contribution in [2.75, 3.05) is 13.1 Å². The fraction of sp³-hybridized carbons (Fsp3) is 0.353. The number of aromatic carboxylic acids is 1. The molecule has 1 aliphatic rings. The Hall–Kier alpha value is -2.67. The minimum absolute atomic E-state index is 0.0489. The molecule has 1 amide bonds. The van der Waals surface area contributed by atoms with Gasteiger partial charge in [0.25, 0.3) is 0 Å². The van der Waals surface area contributed by atoms with E-state index in [1.54, 1.807) is 0 Å². The van der Waals surface area contributed by atoms with Gasteiger partial charge in [0.05, 0.1) is 12.6 Å². The lowest BCUT2D eigenvalue weighted by atomic mass is 10.1. The zero-order valence-corrected chi connectivity index (χ0v) is 13.5. The lowest BCUT2D eigenvalue weighted by Crippen LogP contribution is -2.40. The van der Waals surface area contributed by atoms with Crippen LogP contribution in [0.4, 0.5) is 0 Å². The van der Waals surface area contributed by atoms with Crippen molar-refractivity contribution in [3.05, 3.63) is 52.8 Å². The monoisotopic (exact) mass is 328 g/mol. The summed E-state index contributed by atoms with van der Waals surface area (Å²) in [5, 5.41) is 18.8. The fourth-order valence-electron chi connectivity index (χ4n) is 2.98. The molecule has 3 rings (SSSR count). The summed E-state index contributed by atoms with van der Waals surface area (Å²) in [6.07, 6.45) is 0.664. The Morgan fingerprint density at radius 2 is 2.12 bits per heavy atom. The van der Waals surface area contributed by atoms with Crippen molar-refractivity contribution in [3.8, 4) is 0 Å². The SMILES string of the molecule is CC(NC(=O)CN1CCc2[nH]nc(C(=O)O)c2C1)c1ccccc1. The largest absolute Gasteiger partial charge is 0.476 e. The predicted molar refractivity (Wildman–Crippen MR) is 87.5 cm³/mol. The lowest BCUT2D eigenvalue weighted by molar-refractivity contribution is -0.123. The summed E-state index contributed by atoms with van der Waals surface area (Å²) in [6.45, 7) is 3.29. The Kier molecular flexibility index (Phi) is 4.61. The first kappa shape index (κ1) is 16.2. The highest BCUT2D eigenvalue weighted by molar-refractivity contribution is 5.87. The lowest BCUT2D eigenvalue weighted by Gasteiger charge is -2.26. The smallest absolute Gasteiger partial charge is 0.356 e. The Labute approximate surface area is 139 Å². The molecule has 126 valence electrons. The molecule has 2 aromatic rings. The highest BCUT2D eigenvalue weighted by atomic mass is 16.4. The highest BCUT2D eigenvalue weighted by Gasteiger charge is 2.26. The number of amides is 1. The number of carboxylic acids is 1. The number of fused-ring (bicyclic) bond motifs is 1. The molecule has 1 aromatic carbocycles. The first-order chi connectivity index (χ1) is 11.5. The second-order valence-electron chi connectivity index (χ2n) is 6.00. The molecule has 0 bridgehead atoms. The van der Waals surface area contributed by atoms with E-state index in [-0.39, 0.29) is 24.2 Å². The van der Waals surface area contributed by atoms with Crippen LogP contribution in [0.15, 0.2) is 30.3 Å². The van der Waals surface area contributed by atoms with Gasteiger partial charge >= 0.3 is 5.97 Å². The van der Waals surface area contributed by atoms with Crippen LogP contribution in [0, 0.1) is 0 Å². The van der Waals surface area contributed by atoms with E-state index in [0.717, 1.165) is 11.3 Å². The molecule has 24 heavy (non-hydrogen) atoms. The standard InChI is InChI=1S/C17H20N4O3/c1-11(12-5-3-2-4-6-12)18-15(22)10-21-8-7-14-13(9-21)16(17(23)24)20-19-14/h2-6,11H,7-10H2,1H3,(H,18,22)(H,19,20)(H,23,24). The quantitative estimate of drug-likeness (QED) is 0.769. The van der Waals surface area contributed by atoms with Crippen LogP contribution >= 0.6 is 0 Å². The minimum atomic E-state index is -1.04. The minimum Gasteiger partial charge on any atom is -0.476 e. The van der Waals surface area contributed by atoms with Crippen molar-refractivity contribution in [1.82, 2.24) is 20.4 Å². The molecule has 3 N–H and O–H groups in total. The molecule has 1 atom stereocenters. The van der Waals surface area contributed by atoms with Gasteiger partial charge in [-0.1, -0.05) is 30.3 Å². The third-order valence-corrected chi connectivity index (χ3v) is 4.26. The van der Waals surface area contributed by atoms with Crippen LogP contribution in [0.2, 0.25) is 0 Å². The average molecular weight is 328 g/mol. The number of carboxylic acid groups (broad SMARTS) is 1. The van der Waals surface area contributed by atoms with Crippen molar-refractivity contribution < 1.29 is 14.7 Å². The van der Waals surface area contributed by atoms with Crippen molar-refractivity contribution in [3.63, 3.8) is 0 Å². The van der Waals surface area contributed by atoms with E-state index in [0.29, 0.717) is 25.1 Å². The van der Waals surface area contributed by atoms with Gasteiger partial charge in [-0.05, 0) is 12.5 Å². The molecule has 0 fully saturated rings. The first-order valence-corrected chi connectivity index (χ1v) is 7.90. The van der Waals surface area contributed by atoms with Crippen molar-refractivity contribution >= 4 is 11.9 Å². The summed E-state index contributed by atoms with van der Waals surface area (Å²) in [5.41, 5.74) is 2.63. The van der Waals surface area contributed by atoms with Gasteiger partial charge in [-0.25, -0.2) is 4.79 Å². The molecule has 0 spiro atoms. The summed E-state index contributed by atoms with van der Waals surface area (Å²) in [6, 6.07) is 9.70. The topological polar surface area (TPSA) is 98.3 Å². The van der Waals surface area contributed by atoms with Gasteiger partial charge < -0.3 is 10.4 Å². The molecule has 1 unspecified atom stereocenters. The second-order valence-corrected chi connectivity index (χ2v) is 6.00. The van der Waals surface area contributed by atoms with Crippen LogP contribution in [0.3, 0.4) is 0 Å². The van der Waals surface area contributed by atoms with Crippen molar-refractivity contribution in [1.29, 1.82) is 0 Å². The Bertz CT molecular complexity index is 742. The second kappa shape index (κ2) is 6.84. The molecule has 7 nitrogen and oxygen atoms in total. The van der Waals surface area contributed by atoms with E-state index < -0.39 is 5.97 Å². The number of hydrogen-bond acceptors (Lipinski definition) is 4. The van der Waals surface area contributed by atoms with E-state index in [9.17, 15) is 9.59 Å². The van der Waals surface area contributed by atoms with E-state index >= 15 is 0 Å². The Balaban J connectivity index is 1.59. The van der Waals surface area contributed by atoms with Gasteiger partial charge in [0, 0.05) is 30.8 Å². The maximum atomic E-state index is 12.3. The summed E-state index contributed by atoms with van der Waals surface area (Å²) in [4.78, 5) is 25.4. The van der Waals surface area contributed by atoms with Gasteiger partial charge in [-0.2, -0.15) is 5.10 Å². The van der Waals surface area contributed by atoms with Crippen LogP contribution in [0.5, 0.6) is 0 Å². The van der Waals surface area contributed by atoms with Gasteiger partial charge in [-0.15, -0.1) is 0 Å². The molecule has 0 saturated carbocycles. The number of hydrogen-bond donors (Lipinski definition) is 3. The molecule has 0 saturated heterocycles. The molecule has 1 aromatic heterocycles. The molecular formula is C17H20N4O3. The number of H-pyrrole nitrogens is 1. The molecule has 2 heterocycles. The van der Waals surface area contributed by atoms with Gasteiger partial charge in [0.2, 0.25) is 5.91 Å². The summed E-state index contributed by atoms with van der Waals surface area (Å²) >= 11 is 0. The van der Waals surface area contributed by atoms with Crippen LogP contribution in [-0.2, 0) is 17.8 Å². The first-order valence-electron chi connectivity index (χ1n) is 7.90. The van der Waals surface area contributed by atoms with E-state index in [1.807, 2.05) is 42.2 Å². The van der Waals surface area contributed by atoms with Crippen LogP contribution in [-0.4, -0.2) is 45.2 Å². The highest BCUT2D eigenvalue weighted by Crippen LogP contribution is 2.20. The predicted octanol–water partition coefficient (Wildman–Crippen LogP) is 1.34. The van der Waals surface area contributed by atoms with E-state index in [4.69, 9.17) is 5.11 Å². The van der Waals surface area contributed by atoms with Gasteiger partial charge in [-0.3, -0.25) is 14.8 Å². The number of nitrogens with zero attached hydrogens (tertiary/aromatic N) is 2.